The second-order valence-electron chi connectivity index (χ2n) is 5.28. The predicted octanol–water partition coefficient (Wildman–Crippen LogP) is 2.66. The van der Waals surface area contributed by atoms with E-state index in [1.165, 1.54) is 18.6 Å². The molecule has 0 heterocycles. The molecule has 0 radical (unpaired) electrons. The van der Waals surface area contributed by atoms with E-state index in [0.717, 1.165) is 32.4 Å². The summed E-state index contributed by atoms with van der Waals surface area (Å²) in [7, 11) is 0. The zero-order valence-electron chi connectivity index (χ0n) is 12.0. The van der Waals surface area contributed by atoms with Crippen molar-refractivity contribution < 1.29 is 5.21 Å². The van der Waals surface area contributed by atoms with Gasteiger partial charge in [-0.05, 0) is 50.8 Å². The molecule has 0 aliphatic heterocycles. The third-order valence-corrected chi connectivity index (χ3v) is 3.86. The van der Waals surface area contributed by atoms with E-state index in [2.05, 4.69) is 16.7 Å². The molecule has 0 atom stereocenters. The van der Waals surface area contributed by atoms with E-state index in [0.29, 0.717) is 5.84 Å². The molecule has 0 bridgehead atoms. The van der Waals surface area contributed by atoms with E-state index >= 15 is 0 Å². The summed E-state index contributed by atoms with van der Waals surface area (Å²) in [5, 5.41) is 15.2. The van der Waals surface area contributed by atoms with Crippen LogP contribution in [0.25, 0.3) is 0 Å². The summed E-state index contributed by atoms with van der Waals surface area (Å²) in [5.41, 5.74) is 5.44. The highest BCUT2D eigenvalue weighted by atomic mass is 32.2. The molecule has 0 fully saturated rings. The second kappa shape index (κ2) is 10.5. The lowest BCUT2D eigenvalue weighted by Crippen LogP contribution is -2.32. The van der Waals surface area contributed by atoms with Gasteiger partial charge in [-0.1, -0.05) is 25.4 Å². The average Bonchev–Trinajstić information content (AvgIpc) is 2.35. The molecule has 108 valence electrons. The van der Waals surface area contributed by atoms with Crippen LogP contribution in [0.15, 0.2) is 5.16 Å². The molecule has 4 N–H and O–H groups in total. The van der Waals surface area contributed by atoms with E-state index < -0.39 is 0 Å². The van der Waals surface area contributed by atoms with Gasteiger partial charge in [-0.15, -0.1) is 0 Å². The van der Waals surface area contributed by atoms with Gasteiger partial charge in [0, 0.05) is 5.41 Å². The number of unbranched alkanes of at least 4 members (excludes halogenated alkanes) is 2. The summed E-state index contributed by atoms with van der Waals surface area (Å²) < 4.78 is 0. The van der Waals surface area contributed by atoms with Gasteiger partial charge in [-0.2, -0.15) is 11.8 Å². The molecule has 0 aliphatic carbocycles. The molecular weight excluding hydrogens is 246 g/mol. The summed E-state index contributed by atoms with van der Waals surface area (Å²) in [6.45, 7) is 6.20. The van der Waals surface area contributed by atoms with E-state index in [4.69, 9.17) is 10.9 Å². The molecule has 0 aliphatic rings. The number of nitrogens with two attached hydrogens (primary N) is 1. The first kappa shape index (κ1) is 17.6. The van der Waals surface area contributed by atoms with Gasteiger partial charge in [-0.25, -0.2) is 0 Å². The maximum Gasteiger partial charge on any atom is 0.144 e. The largest absolute Gasteiger partial charge is 0.409 e. The Hall–Kier alpha value is -0.420. The van der Waals surface area contributed by atoms with Gasteiger partial charge >= 0.3 is 0 Å². The van der Waals surface area contributed by atoms with Crippen molar-refractivity contribution in [2.75, 3.05) is 25.1 Å². The Morgan fingerprint density at radius 3 is 2.39 bits per heavy atom. The second-order valence-corrected chi connectivity index (χ2v) is 6.26. The quantitative estimate of drug-likeness (QED) is 0.178. The number of hydrogen-bond donors (Lipinski definition) is 3. The summed E-state index contributed by atoms with van der Waals surface area (Å²) in [6, 6.07) is 0. The predicted molar refractivity (Wildman–Crippen MR) is 81.5 cm³/mol. The van der Waals surface area contributed by atoms with Crippen LogP contribution in [-0.2, 0) is 0 Å². The number of rotatable bonds is 11. The van der Waals surface area contributed by atoms with Crippen molar-refractivity contribution in [3.63, 3.8) is 0 Å². The summed E-state index contributed by atoms with van der Waals surface area (Å²) in [6.07, 6.45) is 7.90. The van der Waals surface area contributed by atoms with Crippen LogP contribution >= 0.6 is 11.8 Å². The number of nitrogens with zero attached hydrogens (tertiary/aromatic N) is 1. The van der Waals surface area contributed by atoms with E-state index in [1.807, 2.05) is 25.6 Å². The zero-order valence-corrected chi connectivity index (χ0v) is 12.9. The van der Waals surface area contributed by atoms with E-state index in [9.17, 15) is 0 Å². The lowest BCUT2D eigenvalue weighted by Gasteiger charge is -2.22. The Morgan fingerprint density at radius 1 is 1.22 bits per heavy atom. The monoisotopic (exact) mass is 275 g/mol. The first-order chi connectivity index (χ1) is 8.54. The van der Waals surface area contributed by atoms with Crippen LogP contribution < -0.4 is 11.1 Å². The maximum absolute atomic E-state index is 8.66. The molecule has 0 saturated heterocycles. The Balaban J connectivity index is 3.40. The Bertz CT molecular complexity index is 232. The van der Waals surface area contributed by atoms with Crippen LogP contribution in [-0.4, -0.2) is 36.1 Å². The van der Waals surface area contributed by atoms with Crippen molar-refractivity contribution in [1.29, 1.82) is 0 Å². The zero-order chi connectivity index (χ0) is 13.9. The number of oxime groups is 1. The van der Waals surface area contributed by atoms with Gasteiger partial charge in [0.2, 0.25) is 0 Å². The molecule has 18 heavy (non-hydrogen) atoms. The third kappa shape index (κ3) is 8.64. The smallest absolute Gasteiger partial charge is 0.144 e. The van der Waals surface area contributed by atoms with Crippen molar-refractivity contribution >= 4 is 17.6 Å². The summed E-state index contributed by atoms with van der Waals surface area (Å²) in [5.74, 6) is 1.59. The van der Waals surface area contributed by atoms with Crippen LogP contribution in [0.5, 0.6) is 0 Å². The van der Waals surface area contributed by atoms with Crippen LogP contribution in [0, 0.1) is 5.41 Å². The molecule has 0 rings (SSSR count). The van der Waals surface area contributed by atoms with Crippen LogP contribution in [0.4, 0.5) is 0 Å². The lowest BCUT2D eigenvalue weighted by atomic mass is 9.86. The number of thioether (sulfide) groups is 1. The first-order valence-corrected chi connectivity index (χ1v) is 8.11. The Morgan fingerprint density at radius 2 is 1.83 bits per heavy atom. The number of amidine groups is 1. The minimum absolute atomic E-state index is 0.201. The molecule has 5 heteroatoms. The highest BCUT2D eigenvalue weighted by molar-refractivity contribution is 7.98. The fourth-order valence-corrected chi connectivity index (χ4v) is 2.19. The molecule has 0 saturated carbocycles. The fourth-order valence-electron chi connectivity index (χ4n) is 1.70. The van der Waals surface area contributed by atoms with Gasteiger partial charge in [0.1, 0.15) is 5.84 Å². The summed E-state index contributed by atoms with van der Waals surface area (Å²) >= 11 is 1.91. The van der Waals surface area contributed by atoms with Crippen molar-refractivity contribution in [3.8, 4) is 0 Å². The van der Waals surface area contributed by atoms with Gasteiger partial charge in [-0.3, -0.25) is 0 Å². The third-order valence-electron chi connectivity index (χ3n) is 3.16. The highest BCUT2D eigenvalue weighted by Gasteiger charge is 2.22. The van der Waals surface area contributed by atoms with Crippen LogP contribution in [0.2, 0.25) is 0 Å². The van der Waals surface area contributed by atoms with Crippen molar-refractivity contribution in [1.82, 2.24) is 5.32 Å². The lowest BCUT2D eigenvalue weighted by molar-refractivity contribution is 0.304. The molecule has 0 amide bonds. The van der Waals surface area contributed by atoms with Crippen LogP contribution in [0.3, 0.4) is 0 Å². The number of nitrogens with one attached hydrogen (secondary N) is 1. The molecule has 0 spiro atoms. The first-order valence-electron chi connectivity index (χ1n) is 6.72. The normalized spacial score (nSPS) is 12.9. The molecule has 0 unspecified atom stereocenters. The van der Waals surface area contributed by atoms with E-state index in [-0.39, 0.29) is 5.41 Å². The van der Waals surface area contributed by atoms with Crippen LogP contribution in [0.1, 0.15) is 46.0 Å². The van der Waals surface area contributed by atoms with Gasteiger partial charge in [0.15, 0.2) is 0 Å². The van der Waals surface area contributed by atoms with Gasteiger partial charge < -0.3 is 16.3 Å². The topological polar surface area (TPSA) is 70.6 Å². The van der Waals surface area contributed by atoms with E-state index in [1.54, 1.807) is 0 Å². The van der Waals surface area contributed by atoms with Gasteiger partial charge in [0.25, 0.3) is 0 Å². The summed E-state index contributed by atoms with van der Waals surface area (Å²) in [4.78, 5) is 0. The minimum Gasteiger partial charge on any atom is -0.409 e. The minimum atomic E-state index is -0.201. The molecule has 0 aromatic rings. The molecular formula is C13H29N3OS. The fraction of sp³-hybridized carbons (Fsp3) is 0.923. The van der Waals surface area contributed by atoms with Crippen molar-refractivity contribution in [2.45, 2.75) is 46.0 Å². The molecule has 0 aromatic carbocycles. The number of hydrogen-bond acceptors (Lipinski definition) is 4. The van der Waals surface area contributed by atoms with Gasteiger partial charge in [0.05, 0.1) is 0 Å². The SMILES string of the molecule is CSCCCCNCCCCC(C)(C)C(N)=NO. The van der Waals surface area contributed by atoms with Crippen molar-refractivity contribution in [3.05, 3.63) is 0 Å². The maximum atomic E-state index is 8.66. The molecule has 0 aromatic heterocycles. The Labute approximate surface area is 116 Å². The Kier molecular flexibility index (Phi) is 10.3. The highest BCUT2D eigenvalue weighted by Crippen LogP contribution is 2.22. The standard InChI is InChI=1S/C13H29N3OS/c1-13(2,12(14)16-17)8-4-5-9-15-10-6-7-11-18-3/h15,17H,4-11H2,1-3H3,(H2,14,16). The average molecular weight is 275 g/mol. The molecule has 4 nitrogen and oxygen atoms in total. The van der Waals surface area contributed by atoms with Crippen molar-refractivity contribution in [2.24, 2.45) is 16.3 Å².